The zero-order valence-corrected chi connectivity index (χ0v) is 9.53. The predicted octanol–water partition coefficient (Wildman–Crippen LogP) is 0.284. The summed E-state index contributed by atoms with van der Waals surface area (Å²) in [5, 5.41) is 2.81. The second-order valence-electron chi connectivity index (χ2n) is 3.52. The SMILES string of the molecule is O=C(Cn1cncc(Br)c1=O)NC1CC1. The Bertz CT molecular complexity index is 439. The minimum absolute atomic E-state index is 0.0295. The molecule has 2 rings (SSSR count). The zero-order valence-electron chi connectivity index (χ0n) is 7.94. The van der Waals surface area contributed by atoms with Crippen LogP contribution in [-0.2, 0) is 11.3 Å². The van der Waals surface area contributed by atoms with Gasteiger partial charge in [0.1, 0.15) is 11.0 Å². The van der Waals surface area contributed by atoms with E-state index in [0.29, 0.717) is 10.5 Å². The molecule has 0 aliphatic heterocycles. The molecule has 6 heteroatoms. The molecule has 1 aromatic heterocycles. The number of amides is 1. The summed E-state index contributed by atoms with van der Waals surface area (Å²) < 4.78 is 1.64. The molecule has 15 heavy (non-hydrogen) atoms. The largest absolute Gasteiger partial charge is 0.352 e. The lowest BCUT2D eigenvalue weighted by Gasteiger charge is -2.05. The van der Waals surface area contributed by atoms with Gasteiger partial charge in [0.05, 0.1) is 6.33 Å². The molecule has 1 heterocycles. The third-order valence-electron chi connectivity index (χ3n) is 2.12. The van der Waals surface area contributed by atoms with Crippen LogP contribution in [-0.4, -0.2) is 21.5 Å². The van der Waals surface area contributed by atoms with Crippen LogP contribution in [0.15, 0.2) is 21.8 Å². The highest BCUT2D eigenvalue weighted by Crippen LogP contribution is 2.18. The molecule has 1 N–H and O–H groups in total. The van der Waals surface area contributed by atoms with Crippen LogP contribution >= 0.6 is 15.9 Å². The third-order valence-corrected chi connectivity index (χ3v) is 2.66. The first kappa shape index (κ1) is 10.4. The lowest BCUT2D eigenvalue weighted by molar-refractivity contribution is -0.121. The molecule has 5 nitrogen and oxygen atoms in total. The van der Waals surface area contributed by atoms with Crippen molar-refractivity contribution >= 4 is 21.8 Å². The van der Waals surface area contributed by atoms with Gasteiger partial charge in [-0.3, -0.25) is 14.2 Å². The quantitative estimate of drug-likeness (QED) is 0.859. The molecule has 1 aliphatic rings. The summed E-state index contributed by atoms with van der Waals surface area (Å²) in [6.45, 7) is 0.0295. The molecule has 0 spiro atoms. The van der Waals surface area contributed by atoms with Crippen LogP contribution in [0, 0.1) is 0 Å². The minimum Gasteiger partial charge on any atom is -0.352 e. The summed E-state index contributed by atoms with van der Waals surface area (Å²) in [6, 6.07) is 0.313. The first-order chi connectivity index (χ1) is 7.16. The standard InChI is InChI=1S/C9H10BrN3O2/c10-7-3-11-5-13(9(7)15)4-8(14)12-6-1-2-6/h3,5-6H,1-2,4H2,(H,12,14). The number of hydrogen-bond acceptors (Lipinski definition) is 3. The summed E-state index contributed by atoms with van der Waals surface area (Å²) in [6.07, 6.45) is 4.85. The van der Waals surface area contributed by atoms with Crippen molar-refractivity contribution in [3.05, 3.63) is 27.4 Å². The van der Waals surface area contributed by atoms with Crippen LogP contribution in [0.2, 0.25) is 0 Å². The fourth-order valence-corrected chi connectivity index (χ4v) is 1.54. The maximum atomic E-state index is 11.5. The van der Waals surface area contributed by atoms with E-state index in [2.05, 4.69) is 26.2 Å². The smallest absolute Gasteiger partial charge is 0.268 e. The van der Waals surface area contributed by atoms with Gasteiger partial charge in [0.2, 0.25) is 5.91 Å². The van der Waals surface area contributed by atoms with Gasteiger partial charge < -0.3 is 5.32 Å². The van der Waals surface area contributed by atoms with E-state index in [9.17, 15) is 9.59 Å². The Morgan fingerprint density at radius 3 is 3.07 bits per heavy atom. The van der Waals surface area contributed by atoms with Crippen molar-refractivity contribution in [3.8, 4) is 0 Å². The highest BCUT2D eigenvalue weighted by atomic mass is 79.9. The minimum atomic E-state index is -0.240. The number of nitrogens with one attached hydrogen (secondary N) is 1. The van der Waals surface area contributed by atoms with E-state index in [0.717, 1.165) is 12.8 Å². The van der Waals surface area contributed by atoms with Gasteiger partial charge in [-0.2, -0.15) is 0 Å². The molecule has 1 aromatic rings. The molecular formula is C9H10BrN3O2. The number of nitrogens with zero attached hydrogens (tertiary/aromatic N) is 2. The number of hydrogen-bond donors (Lipinski definition) is 1. The summed E-state index contributed by atoms with van der Waals surface area (Å²) in [5.41, 5.74) is -0.240. The van der Waals surface area contributed by atoms with E-state index in [-0.39, 0.29) is 18.0 Å². The van der Waals surface area contributed by atoms with E-state index in [1.165, 1.54) is 17.1 Å². The van der Waals surface area contributed by atoms with Gasteiger partial charge in [0.25, 0.3) is 5.56 Å². The van der Waals surface area contributed by atoms with Crippen molar-refractivity contribution in [3.63, 3.8) is 0 Å². The van der Waals surface area contributed by atoms with Crippen molar-refractivity contribution in [2.45, 2.75) is 25.4 Å². The molecule has 1 saturated carbocycles. The second-order valence-corrected chi connectivity index (χ2v) is 4.37. The van der Waals surface area contributed by atoms with E-state index < -0.39 is 0 Å². The van der Waals surface area contributed by atoms with Crippen LogP contribution in [0.3, 0.4) is 0 Å². The molecule has 0 saturated heterocycles. The fraction of sp³-hybridized carbons (Fsp3) is 0.444. The van der Waals surface area contributed by atoms with Gasteiger partial charge in [-0.25, -0.2) is 4.98 Å². The van der Waals surface area contributed by atoms with Crippen LogP contribution in [0.5, 0.6) is 0 Å². The average molecular weight is 272 g/mol. The number of aromatic nitrogens is 2. The Labute approximate surface area is 94.6 Å². The van der Waals surface area contributed by atoms with E-state index >= 15 is 0 Å². The Morgan fingerprint density at radius 2 is 2.40 bits per heavy atom. The van der Waals surface area contributed by atoms with E-state index in [1.54, 1.807) is 0 Å². The fourth-order valence-electron chi connectivity index (χ4n) is 1.19. The molecule has 1 aliphatic carbocycles. The lowest BCUT2D eigenvalue weighted by Crippen LogP contribution is -2.33. The maximum absolute atomic E-state index is 11.5. The van der Waals surface area contributed by atoms with Crippen LogP contribution in [0.1, 0.15) is 12.8 Å². The number of carbonyl (C=O) groups is 1. The van der Waals surface area contributed by atoms with Gasteiger partial charge in [-0.1, -0.05) is 0 Å². The molecule has 1 amide bonds. The molecule has 0 radical (unpaired) electrons. The second kappa shape index (κ2) is 4.14. The molecule has 0 bridgehead atoms. The highest BCUT2D eigenvalue weighted by molar-refractivity contribution is 9.10. The van der Waals surface area contributed by atoms with E-state index in [1.807, 2.05) is 0 Å². The first-order valence-corrected chi connectivity index (χ1v) is 5.45. The predicted molar refractivity (Wildman–Crippen MR) is 57.4 cm³/mol. The van der Waals surface area contributed by atoms with Crippen molar-refractivity contribution in [2.75, 3.05) is 0 Å². The summed E-state index contributed by atoms with van der Waals surface area (Å²) in [7, 11) is 0. The third kappa shape index (κ3) is 2.65. The Morgan fingerprint density at radius 1 is 1.67 bits per heavy atom. The maximum Gasteiger partial charge on any atom is 0.268 e. The molecule has 0 aromatic carbocycles. The summed E-state index contributed by atoms with van der Waals surface area (Å²) in [4.78, 5) is 26.7. The van der Waals surface area contributed by atoms with Crippen LogP contribution < -0.4 is 10.9 Å². The van der Waals surface area contributed by atoms with E-state index in [4.69, 9.17) is 0 Å². The van der Waals surface area contributed by atoms with Crippen LogP contribution in [0.4, 0.5) is 0 Å². The van der Waals surface area contributed by atoms with Gasteiger partial charge in [-0.15, -0.1) is 0 Å². The Balaban J connectivity index is 2.06. The monoisotopic (exact) mass is 271 g/mol. The average Bonchev–Trinajstić information content (AvgIpc) is 2.97. The molecule has 0 unspecified atom stereocenters. The van der Waals surface area contributed by atoms with Crippen molar-refractivity contribution < 1.29 is 4.79 Å². The summed E-state index contributed by atoms with van der Waals surface area (Å²) >= 11 is 3.07. The first-order valence-electron chi connectivity index (χ1n) is 4.66. The van der Waals surface area contributed by atoms with Crippen molar-refractivity contribution in [1.82, 2.24) is 14.9 Å². The molecular weight excluding hydrogens is 262 g/mol. The number of rotatable bonds is 3. The highest BCUT2D eigenvalue weighted by Gasteiger charge is 2.23. The van der Waals surface area contributed by atoms with Crippen LogP contribution in [0.25, 0.3) is 0 Å². The normalized spacial score (nSPS) is 15.0. The van der Waals surface area contributed by atoms with Gasteiger partial charge in [0.15, 0.2) is 0 Å². The number of carbonyl (C=O) groups excluding carboxylic acids is 1. The Kier molecular flexibility index (Phi) is 2.86. The molecule has 0 atom stereocenters. The lowest BCUT2D eigenvalue weighted by atomic mass is 10.5. The zero-order chi connectivity index (χ0) is 10.8. The van der Waals surface area contributed by atoms with Gasteiger partial charge in [0, 0.05) is 12.2 Å². The summed E-state index contributed by atoms with van der Waals surface area (Å²) in [5.74, 6) is -0.139. The van der Waals surface area contributed by atoms with Crippen molar-refractivity contribution in [2.24, 2.45) is 0 Å². The molecule has 80 valence electrons. The topological polar surface area (TPSA) is 64.0 Å². The van der Waals surface area contributed by atoms with Crippen molar-refractivity contribution in [1.29, 1.82) is 0 Å². The van der Waals surface area contributed by atoms with Gasteiger partial charge in [-0.05, 0) is 28.8 Å². The van der Waals surface area contributed by atoms with Gasteiger partial charge >= 0.3 is 0 Å². The Hall–Kier alpha value is -1.17. The molecule has 1 fully saturated rings. The number of halogens is 1.